The number of rotatable bonds is 8. The second kappa shape index (κ2) is 16.2. The zero-order chi connectivity index (χ0) is 40.6. The highest BCUT2D eigenvalue weighted by molar-refractivity contribution is 6.02. The summed E-state index contributed by atoms with van der Waals surface area (Å²) in [4.78, 5) is 23.8. The molecule has 2 aromatic carbocycles. The van der Waals surface area contributed by atoms with Crippen LogP contribution in [0.4, 0.5) is 27.8 Å². The fraction of sp³-hybridized carbons (Fsp3) is 0.465. The summed E-state index contributed by atoms with van der Waals surface area (Å²) in [7, 11) is 0. The molecule has 8 rings (SSSR count). The van der Waals surface area contributed by atoms with Crippen molar-refractivity contribution in [2.45, 2.75) is 101 Å². The molecule has 0 saturated carbocycles. The lowest BCUT2D eigenvalue weighted by molar-refractivity contribution is -0.145. The summed E-state index contributed by atoms with van der Waals surface area (Å²) < 4.78 is 84.3. The van der Waals surface area contributed by atoms with Gasteiger partial charge in [-0.25, -0.2) is 18.7 Å². The van der Waals surface area contributed by atoms with Gasteiger partial charge in [-0.05, 0) is 76.3 Å². The highest BCUT2D eigenvalue weighted by atomic mass is 19.4. The fourth-order valence-corrected chi connectivity index (χ4v) is 8.97. The molecule has 0 spiro atoms. The summed E-state index contributed by atoms with van der Waals surface area (Å²) in [6.45, 7) is 5.90. The van der Waals surface area contributed by atoms with Crippen LogP contribution < -0.4 is 20.1 Å². The van der Waals surface area contributed by atoms with Crippen LogP contribution in [0.1, 0.15) is 82.3 Å². The molecule has 3 aromatic heterocycles. The number of anilines is 1. The number of benzene rings is 2. The van der Waals surface area contributed by atoms with Crippen molar-refractivity contribution in [2.24, 2.45) is 0 Å². The molecule has 10 nitrogen and oxygen atoms in total. The molecule has 15 heteroatoms. The Bertz CT molecular complexity index is 2370. The standard InChI is InChI=1S/C43H45F5N8O2/c1-4-27-22-50-39-35-32(13-7-6-10-25(3)51-27)52-37(30-12-8-11-26-14-15-31(44)29(5-2)34(26)30)36(45)38(35)54-41(55-39)58-24-42-18-9-21-56(42)28(16-19-42)23-57-33-17-20-49-40(53-33)43(46,47)48/h2,8,11-12,14-15,17,20,25,27-28,51H,4,6-7,9-10,13,16,18-19,21-24H2,1,3H3,(H,50,54,55)/t25-,27+,28-,42-/m0/s1. The Morgan fingerprint density at radius 1 is 0.983 bits per heavy atom. The minimum atomic E-state index is -4.68. The molecule has 2 saturated heterocycles. The van der Waals surface area contributed by atoms with Gasteiger partial charge in [0.05, 0.1) is 22.2 Å². The average Bonchev–Trinajstić information content (AvgIpc) is 3.78. The molecular formula is C43H45F5N8O2. The number of halogens is 5. The molecule has 6 heterocycles. The van der Waals surface area contributed by atoms with Crippen LogP contribution in [0, 0.1) is 24.0 Å². The normalized spacial score (nSPS) is 22.8. The summed E-state index contributed by atoms with van der Waals surface area (Å²) in [5.74, 6) is 0.210. The van der Waals surface area contributed by atoms with Crippen LogP contribution in [0.5, 0.6) is 11.9 Å². The van der Waals surface area contributed by atoms with Gasteiger partial charge in [-0.3, -0.25) is 4.90 Å². The predicted molar refractivity (Wildman–Crippen MR) is 211 cm³/mol. The number of nitrogens with zero attached hydrogens (tertiary/aromatic N) is 6. The van der Waals surface area contributed by atoms with Gasteiger partial charge in [0.1, 0.15) is 36.1 Å². The Hall–Kier alpha value is -5.20. The smallest absolute Gasteiger partial charge is 0.451 e. The quantitative estimate of drug-likeness (QED) is 0.118. The molecule has 3 aliphatic heterocycles. The van der Waals surface area contributed by atoms with Crippen molar-refractivity contribution in [1.82, 2.24) is 35.1 Å². The molecule has 58 heavy (non-hydrogen) atoms. The summed E-state index contributed by atoms with van der Waals surface area (Å²) in [5, 5.41) is 8.71. The number of hydrogen-bond donors (Lipinski definition) is 2. The Kier molecular flexibility index (Phi) is 11.1. The van der Waals surface area contributed by atoms with Gasteiger partial charge in [0.2, 0.25) is 11.7 Å². The molecule has 0 bridgehead atoms. The number of aromatic nitrogens is 5. The molecule has 0 unspecified atom stereocenters. The number of nitrogens with one attached hydrogen (secondary N) is 2. The van der Waals surface area contributed by atoms with Crippen LogP contribution in [-0.4, -0.2) is 79.8 Å². The maximum atomic E-state index is 17.3. The van der Waals surface area contributed by atoms with E-state index in [1.807, 2.05) is 0 Å². The number of fused-ring (bicyclic) bond motifs is 2. The van der Waals surface area contributed by atoms with E-state index in [1.165, 1.54) is 12.1 Å². The molecule has 4 atom stereocenters. The van der Waals surface area contributed by atoms with Crippen LogP contribution in [0.15, 0.2) is 42.6 Å². The average molecular weight is 801 g/mol. The molecule has 0 radical (unpaired) electrons. The molecule has 5 aromatic rings. The predicted octanol–water partition coefficient (Wildman–Crippen LogP) is 8.26. The first-order chi connectivity index (χ1) is 28.0. The number of ether oxygens (including phenoxy) is 2. The van der Waals surface area contributed by atoms with Crippen molar-refractivity contribution in [2.75, 3.05) is 31.6 Å². The van der Waals surface area contributed by atoms with Crippen molar-refractivity contribution >= 4 is 27.5 Å². The van der Waals surface area contributed by atoms with Crippen LogP contribution >= 0.6 is 0 Å². The zero-order valence-electron chi connectivity index (χ0n) is 32.4. The number of terminal acetylenes is 1. The van der Waals surface area contributed by atoms with E-state index in [4.69, 9.17) is 30.8 Å². The molecule has 0 aliphatic carbocycles. The lowest BCUT2D eigenvalue weighted by Gasteiger charge is -2.34. The number of aryl methyl sites for hydroxylation is 1. The zero-order valence-corrected chi connectivity index (χ0v) is 32.4. The second-order valence-electron chi connectivity index (χ2n) is 15.6. The summed E-state index contributed by atoms with van der Waals surface area (Å²) in [5.41, 5.74) is 0.667. The third-order valence-electron chi connectivity index (χ3n) is 11.9. The highest BCUT2D eigenvalue weighted by Crippen LogP contribution is 2.44. The fourth-order valence-electron chi connectivity index (χ4n) is 8.97. The van der Waals surface area contributed by atoms with Gasteiger partial charge in [0, 0.05) is 47.9 Å². The largest absolute Gasteiger partial charge is 0.476 e. The first-order valence-corrected chi connectivity index (χ1v) is 20.0. The van der Waals surface area contributed by atoms with Gasteiger partial charge in [-0.15, -0.1) is 6.42 Å². The van der Waals surface area contributed by atoms with E-state index in [9.17, 15) is 13.2 Å². The van der Waals surface area contributed by atoms with E-state index in [0.29, 0.717) is 46.2 Å². The minimum Gasteiger partial charge on any atom is -0.476 e. The van der Waals surface area contributed by atoms with E-state index in [1.54, 1.807) is 24.3 Å². The number of pyridine rings is 1. The second-order valence-corrected chi connectivity index (χ2v) is 15.6. The molecule has 2 N–H and O–H groups in total. The summed E-state index contributed by atoms with van der Waals surface area (Å²) in [6, 6.07) is 9.83. The lowest BCUT2D eigenvalue weighted by atomic mass is 9.95. The van der Waals surface area contributed by atoms with E-state index in [0.717, 1.165) is 64.1 Å². The van der Waals surface area contributed by atoms with Gasteiger partial charge in [-0.2, -0.15) is 28.1 Å². The van der Waals surface area contributed by atoms with Crippen molar-refractivity contribution in [1.29, 1.82) is 0 Å². The van der Waals surface area contributed by atoms with E-state index < -0.39 is 29.2 Å². The maximum absolute atomic E-state index is 17.3. The third kappa shape index (κ3) is 7.71. The van der Waals surface area contributed by atoms with Crippen LogP contribution in [0.25, 0.3) is 32.9 Å². The minimum absolute atomic E-state index is 0.00617. The van der Waals surface area contributed by atoms with Gasteiger partial charge in [0.15, 0.2) is 5.82 Å². The van der Waals surface area contributed by atoms with Crippen molar-refractivity contribution < 1.29 is 31.4 Å². The Morgan fingerprint density at radius 2 is 1.84 bits per heavy atom. The van der Waals surface area contributed by atoms with Crippen LogP contribution in [-0.2, 0) is 12.6 Å². The van der Waals surface area contributed by atoms with E-state index in [2.05, 4.69) is 45.3 Å². The maximum Gasteiger partial charge on any atom is 0.451 e. The van der Waals surface area contributed by atoms with E-state index in [-0.39, 0.29) is 60.0 Å². The first-order valence-electron chi connectivity index (χ1n) is 20.0. The van der Waals surface area contributed by atoms with E-state index >= 15 is 8.78 Å². The van der Waals surface area contributed by atoms with Gasteiger partial charge in [-0.1, -0.05) is 43.5 Å². The Morgan fingerprint density at radius 3 is 2.66 bits per heavy atom. The molecular weight excluding hydrogens is 756 g/mol. The number of hydrogen-bond acceptors (Lipinski definition) is 10. The van der Waals surface area contributed by atoms with Crippen LogP contribution in [0.3, 0.4) is 0 Å². The number of alkyl halides is 3. The molecule has 304 valence electrons. The lowest BCUT2D eigenvalue weighted by Crippen LogP contribution is -2.48. The third-order valence-corrected chi connectivity index (χ3v) is 11.9. The first kappa shape index (κ1) is 39.6. The van der Waals surface area contributed by atoms with Crippen molar-refractivity contribution in [3.05, 3.63) is 71.3 Å². The Labute approximate surface area is 333 Å². The topological polar surface area (TPSA) is 110 Å². The van der Waals surface area contributed by atoms with Crippen LogP contribution in [0.2, 0.25) is 0 Å². The molecule has 3 aliphatic rings. The monoisotopic (exact) mass is 800 g/mol. The van der Waals surface area contributed by atoms with Gasteiger partial charge >= 0.3 is 12.2 Å². The Balaban J connectivity index is 1.15. The summed E-state index contributed by atoms with van der Waals surface area (Å²) in [6.07, 6.45) is 9.41. The van der Waals surface area contributed by atoms with Gasteiger partial charge in [0.25, 0.3) is 0 Å². The SMILES string of the molecule is C#Cc1c(F)ccc2cccc(-c3nc4c5c(nc(OC[C@@]67CCCN6[C@H](COc6ccnc(C(F)(F)F)n6)CC7)nc5c3F)NC[C@@H](CC)N[C@@H](C)CCCC4)c12. The highest BCUT2D eigenvalue weighted by Gasteiger charge is 2.50. The van der Waals surface area contributed by atoms with Crippen molar-refractivity contribution in [3.63, 3.8) is 0 Å². The molecule has 0 amide bonds. The molecule has 2 fully saturated rings. The summed E-state index contributed by atoms with van der Waals surface area (Å²) >= 11 is 0. The van der Waals surface area contributed by atoms with Crippen molar-refractivity contribution in [3.8, 4) is 35.5 Å². The van der Waals surface area contributed by atoms with Gasteiger partial charge < -0.3 is 20.1 Å².